The average Bonchev–Trinajstić information content (AvgIpc) is 2.85. The van der Waals surface area contributed by atoms with Gasteiger partial charge in [-0.2, -0.15) is 0 Å². The molecule has 0 saturated heterocycles. The second-order valence-corrected chi connectivity index (χ2v) is 6.11. The fourth-order valence-electron chi connectivity index (χ4n) is 2.64. The lowest BCUT2D eigenvalue weighted by molar-refractivity contribution is 0.545. The summed E-state index contributed by atoms with van der Waals surface area (Å²) in [7, 11) is 0. The number of thiophene rings is 1. The Bertz CT molecular complexity index is 353. The topological polar surface area (TPSA) is 12.0 Å². The fourth-order valence-corrected chi connectivity index (χ4v) is 3.48. The van der Waals surface area contributed by atoms with E-state index >= 15 is 0 Å². The van der Waals surface area contributed by atoms with Crippen molar-refractivity contribution in [1.82, 2.24) is 5.32 Å². The molecule has 1 aromatic heterocycles. The van der Waals surface area contributed by atoms with E-state index in [1.807, 2.05) is 11.3 Å². The van der Waals surface area contributed by atoms with Crippen molar-refractivity contribution >= 4 is 11.3 Å². The largest absolute Gasteiger partial charge is 0.306 e. The number of allylic oxidation sites excluding steroid dienone is 1. The zero-order chi connectivity index (χ0) is 12.6. The normalized spacial score (nSPS) is 21.7. The molecule has 18 heavy (non-hydrogen) atoms. The van der Waals surface area contributed by atoms with Crippen molar-refractivity contribution in [3.05, 3.63) is 34.0 Å². The van der Waals surface area contributed by atoms with Crippen LogP contribution in [0.2, 0.25) is 0 Å². The Labute approximate surface area is 115 Å². The first-order valence-electron chi connectivity index (χ1n) is 7.37. The quantitative estimate of drug-likeness (QED) is 0.731. The standard InChI is InChI=1S/C16H25NS/c1-2-12-17-16(15-11-8-13-18-15)14-9-6-4-3-5-7-10-14/h8-9,11,13,16-17H,2-7,10,12H2,1H3/b14-9+. The molecule has 1 aliphatic carbocycles. The molecular weight excluding hydrogens is 238 g/mol. The molecule has 0 fully saturated rings. The maximum Gasteiger partial charge on any atom is 0.0630 e. The summed E-state index contributed by atoms with van der Waals surface area (Å²) in [5.74, 6) is 0. The summed E-state index contributed by atoms with van der Waals surface area (Å²) in [4.78, 5) is 1.48. The van der Waals surface area contributed by atoms with Crippen molar-refractivity contribution in [2.75, 3.05) is 6.54 Å². The molecule has 0 radical (unpaired) electrons. The van der Waals surface area contributed by atoms with E-state index in [0.717, 1.165) is 6.54 Å². The first-order valence-corrected chi connectivity index (χ1v) is 8.25. The van der Waals surface area contributed by atoms with E-state index < -0.39 is 0 Å². The summed E-state index contributed by atoms with van der Waals surface area (Å²) in [5.41, 5.74) is 1.63. The van der Waals surface area contributed by atoms with Crippen LogP contribution in [0.4, 0.5) is 0 Å². The Kier molecular flexibility index (Phi) is 5.95. The van der Waals surface area contributed by atoms with Gasteiger partial charge in [0.1, 0.15) is 0 Å². The van der Waals surface area contributed by atoms with Crippen molar-refractivity contribution in [2.24, 2.45) is 0 Å². The van der Waals surface area contributed by atoms with Gasteiger partial charge in [0.15, 0.2) is 0 Å². The van der Waals surface area contributed by atoms with Crippen LogP contribution < -0.4 is 5.32 Å². The summed E-state index contributed by atoms with van der Waals surface area (Å²) in [6, 6.07) is 4.92. The van der Waals surface area contributed by atoms with E-state index in [0.29, 0.717) is 6.04 Å². The van der Waals surface area contributed by atoms with Crippen molar-refractivity contribution in [3.8, 4) is 0 Å². The molecule has 1 N–H and O–H groups in total. The molecule has 0 aromatic carbocycles. The van der Waals surface area contributed by atoms with Crippen molar-refractivity contribution < 1.29 is 0 Å². The number of hydrogen-bond donors (Lipinski definition) is 1. The monoisotopic (exact) mass is 263 g/mol. The highest BCUT2D eigenvalue weighted by atomic mass is 32.1. The first kappa shape index (κ1) is 13.8. The molecule has 1 nitrogen and oxygen atoms in total. The molecule has 1 heterocycles. The van der Waals surface area contributed by atoms with Crippen molar-refractivity contribution in [1.29, 1.82) is 0 Å². The molecule has 0 amide bonds. The zero-order valence-corrected chi connectivity index (χ0v) is 12.3. The van der Waals surface area contributed by atoms with Crippen LogP contribution in [0.3, 0.4) is 0 Å². The van der Waals surface area contributed by atoms with Gasteiger partial charge in [-0.15, -0.1) is 11.3 Å². The SMILES string of the molecule is CCCNC(/C1=C/CCCCCC1)c1cccs1. The molecule has 100 valence electrons. The Morgan fingerprint density at radius 1 is 1.28 bits per heavy atom. The zero-order valence-electron chi connectivity index (χ0n) is 11.5. The smallest absolute Gasteiger partial charge is 0.0630 e. The summed E-state index contributed by atoms with van der Waals surface area (Å²) in [6.45, 7) is 3.35. The van der Waals surface area contributed by atoms with Crippen LogP contribution in [0.25, 0.3) is 0 Å². The second-order valence-electron chi connectivity index (χ2n) is 5.13. The molecule has 0 bridgehead atoms. The van der Waals surface area contributed by atoms with Crippen molar-refractivity contribution in [2.45, 2.75) is 57.9 Å². The van der Waals surface area contributed by atoms with E-state index in [4.69, 9.17) is 0 Å². The number of nitrogens with one attached hydrogen (secondary N) is 1. The maximum atomic E-state index is 3.73. The third-order valence-electron chi connectivity index (χ3n) is 3.62. The number of rotatable bonds is 5. The van der Waals surface area contributed by atoms with Crippen LogP contribution in [0.1, 0.15) is 62.8 Å². The summed E-state index contributed by atoms with van der Waals surface area (Å²) < 4.78 is 0. The molecule has 2 heteroatoms. The maximum absolute atomic E-state index is 3.73. The third kappa shape index (κ3) is 3.96. The van der Waals surface area contributed by atoms with Crippen molar-refractivity contribution in [3.63, 3.8) is 0 Å². The molecule has 2 rings (SSSR count). The minimum Gasteiger partial charge on any atom is -0.306 e. The lowest BCUT2D eigenvalue weighted by Gasteiger charge is -2.22. The Morgan fingerprint density at radius 3 is 2.94 bits per heavy atom. The summed E-state index contributed by atoms with van der Waals surface area (Å²) >= 11 is 1.88. The van der Waals surface area contributed by atoms with Crippen LogP contribution in [0.15, 0.2) is 29.2 Å². The third-order valence-corrected chi connectivity index (χ3v) is 4.56. The highest BCUT2D eigenvalue weighted by Gasteiger charge is 2.17. The highest BCUT2D eigenvalue weighted by molar-refractivity contribution is 7.10. The van der Waals surface area contributed by atoms with Crippen LogP contribution in [-0.4, -0.2) is 6.54 Å². The van der Waals surface area contributed by atoms with Crippen LogP contribution in [-0.2, 0) is 0 Å². The molecule has 1 aromatic rings. The van der Waals surface area contributed by atoms with Crippen LogP contribution in [0, 0.1) is 0 Å². The van der Waals surface area contributed by atoms with E-state index in [-0.39, 0.29) is 0 Å². The first-order chi connectivity index (χ1) is 8.92. The average molecular weight is 263 g/mol. The van der Waals surface area contributed by atoms with Gasteiger partial charge in [-0.3, -0.25) is 0 Å². The van der Waals surface area contributed by atoms with Gasteiger partial charge in [-0.25, -0.2) is 0 Å². The minimum atomic E-state index is 0.475. The summed E-state index contributed by atoms with van der Waals surface area (Å²) in [5, 5.41) is 5.93. The van der Waals surface area contributed by atoms with Crippen LogP contribution >= 0.6 is 11.3 Å². The highest BCUT2D eigenvalue weighted by Crippen LogP contribution is 2.31. The Balaban J connectivity index is 2.11. The predicted octanol–water partition coefficient (Wildman–Crippen LogP) is 5.07. The summed E-state index contributed by atoms with van der Waals surface area (Å²) in [6.07, 6.45) is 11.8. The van der Waals surface area contributed by atoms with Crippen LogP contribution in [0.5, 0.6) is 0 Å². The molecule has 1 aliphatic rings. The van der Waals surface area contributed by atoms with Gasteiger partial charge in [0, 0.05) is 4.88 Å². The van der Waals surface area contributed by atoms with E-state index in [2.05, 4.69) is 35.8 Å². The predicted molar refractivity (Wildman–Crippen MR) is 81.1 cm³/mol. The van der Waals surface area contributed by atoms with E-state index in [1.54, 1.807) is 5.57 Å². The fraction of sp³-hybridized carbons (Fsp3) is 0.625. The minimum absolute atomic E-state index is 0.475. The lowest BCUT2D eigenvalue weighted by atomic mass is 9.94. The molecular formula is C16H25NS. The van der Waals surface area contributed by atoms with Gasteiger partial charge in [-0.05, 0) is 50.1 Å². The van der Waals surface area contributed by atoms with Gasteiger partial charge < -0.3 is 5.32 Å². The van der Waals surface area contributed by atoms with E-state index in [1.165, 1.54) is 49.8 Å². The van der Waals surface area contributed by atoms with Gasteiger partial charge in [-0.1, -0.05) is 37.5 Å². The molecule has 1 unspecified atom stereocenters. The van der Waals surface area contributed by atoms with Gasteiger partial charge in [0.2, 0.25) is 0 Å². The lowest BCUT2D eigenvalue weighted by Crippen LogP contribution is -2.23. The van der Waals surface area contributed by atoms with E-state index in [9.17, 15) is 0 Å². The molecule has 0 saturated carbocycles. The molecule has 0 aliphatic heterocycles. The Hall–Kier alpha value is -0.600. The Morgan fingerprint density at radius 2 is 2.17 bits per heavy atom. The van der Waals surface area contributed by atoms with Gasteiger partial charge >= 0.3 is 0 Å². The second kappa shape index (κ2) is 7.75. The molecule has 0 spiro atoms. The van der Waals surface area contributed by atoms with Gasteiger partial charge in [0.05, 0.1) is 6.04 Å². The van der Waals surface area contributed by atoms with Gasteiger partial charge in [0.25, 0.3) is 0 Å². The number of hydrogen-bond acceptors (Lipinski definition) is 2. The molecule has 1 atom stereocenters.